The van der Waals surface area contributed by atoms with Crippen LogP contribution in [-0.4, -0.2) is 57.0 Å². The van der Waals surface area contributed by atoms with Crippen LogP contribution < -0.4 is 0 Å². The van der Waals surface area contributed by atoms with Gasteiger partial charge in [0, 0.05) is 51.2 Å². The van der Waals surface area contributed by atoms with Crippen LogP contribution in [0.4, 0.5) is 0 Å². The van der Waals surface area contributed by atoms with Crippen LogP contribution in [0.3, 0.4) is 0 Å². The fourth-order valence-corrected chi connectivity index (χ4v) is 5.90. The molecule has 3 fully saturated rings. The molecular weight excluding hydrogens is 348 g/mol. The number of hydrogen-bond acceptors (Lipinski definition) is 3. The Hall–Kier alpha value is -2.14. The van der Waals surface area contributed by atoms with E-state index in [-0.39, 0.29) is 5.91 Å². The van der Waals surface area contributed by atoms with Gasteiger partial charge in [-0.2, -0.15) is 0 Å². The minimum Gasteiger partial charge on any atom is -0.335 e. The molecular formula is C23H30N4O. The Morgan fingerprint density at radius 2 is 2.00 bits per heavy atom. The molecule has 4 heterocycles. The Labute approximate surface area is 167 Å². The van der Waals surface area contributed by atoms with Crippen LogP contribution in [0.2, 0.25) is 0 Å². The summed E-state index contributed by atoms with van der Waals surface area (Å²) in [4.78, 5) is 22.2. The number of imidazole rings is 1. The lowest BCUT2D eigenvalue weighted by Crippen LogP contribution is -2.62. The maximum Gasteiger partial charge on any atom is 0.289 e. The molecule has 5 rings (SSSR count). The molecule has 5 heteroatoms. The average molecular weight is 379 g/mol. The van der Waals surface area contributed by atoms with E-state index in [1.165, 1.54) is 31.2 Å². The number of piperidine rings is 3. The highest BCUT2D eigenvalue weighted by Crippen LogP contribution is 2.40. The first-order valence-corrected chi connectivity index (χ1v) is 10.8. The monoisotopic (exact) mass is 378 g/mol. The number of likely N-dealkylation sites (tertiary alicyclic amines) is 1. The molecule has 4 atom stereocenters. The zero-order valence-electron chi connectivity index (χ0n) is 16.7. The molecule has 5 nitrogen and oxygen atoms in total. The summed E-state index contributed by atoms with van der Waals surface area (Å²) in [6.07, 6.45) is 9.92. The minimum atomic E-state index is 0.104. The molecule has 3 aliphatic rings. The summed E-state index contributed by atoms with van der Waals surface area (Å²) in [6, 6.07) is 12.2. The molecule has 0 N–H and O–H groups in total. The van der Waals surface area contributed by atoms with Crippen LogP contribution in [0.5, 0.6) is 0 Å². The van der Waals surface area contributed by atoms with E-state index in [9.17, 15) is 4.79 Å². The van der Waals surface area contributed by atoms with Crippen LogP contribution in [-0.2, 0) is 13.5 Å². The van der Waals surface area contributed by atoms with E-state index in [0.29, 0.717) is 29.7 Å². The number of hydrogen-bond donors (Lipinski definition) is 0. The topological polar surface area (TPSA) is 41.4 Å². The van der Waals surface area contributed by atoms with Crippen molar-refractivity contribution in [2.24, 2.45) is 18.9 Å². The SMILES string of the molecule is Cn1ccnc1C(=O)N1C[C@@H]2C[C@H](C1)[C@@H]1CCC[C@H](Cc3ccccc3)N1C2. The lowest BCUT2D eigenvalue weighted by Gasteiger charge is -2.55. The van der Waals surface area contributed by atoms with E-state index in [4.69, 9.17) is 0 Å². The van der Waals surface area contributed by atoms with Crippen molar-refractivity contribution in [3.63, 3.8) is 0 Å². The van der Waals surface area contributed by atoms with E-state index in [2.05, 4.69) is 45.1 Å². The smallest absolute Gasteiger partial charge is 0.289 e. The lowest BCUT2D eigenvalue weighted by atomic mass is 9.74. The third-order valence-electron chi connectivity index (χ3n) is 7.13. The zero-order chi connectivity index (χ0) is 19.1. The third kappa shape index (κ3) is 3.26. The van der Waals surface area contributed by atoms with Gasteiger partial charge in [-0.1, -0.05) is 36.8 Å². The average Bonchev–Trinajstić information content (AvgIpc) is 3.14. The fourth-order valence-electron chi connectivity index (χ4n) is 5.90. The first-order valence-electron chi connectivity index (χ1n) is 10.8. The molecule has 1 aromatic heterocycles. The number of nitrogens with zero attached hydrogens (tertiary/aromatic N) is 4. The normalized spacial score (nSPS) is 30.1. The molecule has 148 valence electrons. The maximum atomic E-state index is 13.0. The Bertz CT molecular complexity index is 832. The number of fused-ring (bicyclic) bond motifs is 4. The molecule has 28 heavy (non-hydrogen) atoms. The van der Waals surface area contributed by atoms with Crippen molar-refractivity contribution in [3.05, 3.63) is 54.1 Å². The number of aromatic nitrogens is 2. The number of rotatable bonds is 3. The highest BCUT2D eigenvalue weighted by atomic mass is 16.2. The van der Waals surface area contributed by atoms with Gasteiger partial charge < -0.3 is 9.47 Å². The van der Waals surface area contributed by atoms with Gasteiger partial charge in [-0.05, 0) is 43.1 Å². The van der Waals surface area contributed by atoms with Crippen molar-refractivity contribution in [1.82, 2.24) is 19.4 Å². The maximum absolute atomic E-state index is 13.0. The second-order valence-corrected chi connectivity index (χ2v) is 8.97. The second kappa shape index (κ2) is 7.36. The number of carbonyl (C=O) groups excluding carboxylic acids is 1. The van der Waals surface area contributed by atoms with E-state index in [1.807, 2.05) is 17.8 Å². The molecule has 0 aliphatic carbocycles. The van der Waals surface area contributed by atoms with Gasteiger partial charge in [0.2, 0.25) is 0 Å². The van der Waals surface area contributed by atoms with E-state index in [1.54, 1.807) is 6.20 Å². The number of carbonyl (C=O) groups is 1. The Balaban J connectivity index is 1.32. The van der Waals surface area contributed by atoms with Crippen LogP contribution in [0.1, 0.15) is 41.9 Å². The number of benzene rings is 1. The largest absolute Gasteiger partial charge is 0.335 e. The van der Waals surface area contributed by atoms with Gasteiger partial charge in [0.05, 0.1) is 0 Å². The van der Waals surface area contributed by atoms with E-state index < -0.39 is 0 Å². The summed E-state index contributed by atoms with van der Waals surface area (Å²) in [5.41, 5.74) is 1.45. The first kappa shape index (κ1) is 17.9. The molecule has 1 aromatic carbocycles. The molecule has 0 unspecified atom stereocenters. The standard InChI is InChI=1S/C23H30N4O/c1-25-11-10-24-22(25)23(28)26-14-18-12-19(16-26)21-9-5-8-20(27(21)15-18)13-17-6-3-2-4-7-17/h2-4,6-7,10-11,18-21H,5,8-9,12-16H2,1H3/t18-,19+,20+,21-/m0/s1. The van der Waals surface area contributed by atoms with Gasteiger partial charge in [-0.3, -0.25) is 9.69 Å². The molecule has 3 aliphatic heterocycles. The van der Waals surface area contributed by atoms with Crippen molar-refractivity contribution < 1.29 is 4.79 Å². The van der Waals surface area contributed by atoms with Gasteiger partial charge in [-0.15, -0.1) is 0 Å². The second-order valence-electron chi connectivity index (χ2n) is 8.97. The van der Waals surface area contributed by atoms with E-state index >= 15 is 0 Å². The van der Waals surface area contributed by atoms with Gasteiger partial charge in [0.1, 0.15) is 0 Å². The van der Waals surface area contributed by atoms with Gasteiger partial charge >= 0.3 is 0 Å². The summed E-state index contributed by atoms with van der Waals surface area (Å²) in [5, 5.41) is 0. The quantitative estimate of drug-likeness (QED) is 0.825. The molecule has 0 saturated carbocycles. The molecule has 0 spiro atoms. The summed E-state index contributed by atoms with van der Waals surface area (Å²) in [6.45, 7) is 2.91. The van der Waals surface area contributed by atoms with Gasteiger partial charge in [0.25, 0.3) is 5.91 Å². The fraction of sp³-hybridized carbons (Fsp3) is 0.565. The molecule has 2 bridgehead atoms. The van der Waals surface area contributed by atoms with Crippen LogP contribution in [0, 0.1) is 11.8 Å². The number of aryl methyl sites for hydroxylation is 1. The minimum absolute atomic E-state index is 0.104. The third-order valence-corrected chi connectivity index (χ3v) is 7.13. The van der Waals surface area contributed by atoms with Crippen molar-refractivity contribution in [2.75, 3.05) is 19.6 Å². The molecule has 0 radical (unpaired) electrons. The van der Waals surface area contributed by atoms with Crippen LogP contribution in [0.25, 0.3) is 0 Å². The molecule has 1 amide bonds. The lowest BCUT2D eigenvalue weighted by molar-refractivity contribution is -0.0501. The summed E-state index contributed by atoms with van der Waals surface area (Å²) < 4.78 is 1.84. The summed E-state index contributed by atoms with van der Waals surface area (Å²) in [5.74, 6) is 1.88. The van der Waals surface area contributed by atoms with Crippen molar-refractivity contribution in [2.45, 2.75) is 44.2 Å². The van der Waals surface area contributed by atoms with Gasteiger partial charge in [-0.25, -0.2) is 4.98 Å². The van der Waals surface area contributed by atoms with Gasteiger partial charge in [0.15, 0.2) is 5.82 Å². The first-order chi connectivity index (χ1) is 13.7. The van der Waals surface area contributed by atoms with Crippen LogP contribution in [0.15, 0.2) is 42.7 Å². The Kier molecular flexibility index (Phi) is 4.71. The zero-order valence-corrected chi connectivity index (χ0v) is 16.7. The number of amides is 1. The Morgan fingerprint density at radius 3 is 2.79 bits per heavy atom. The molecule has 3 saturated heterocycles. The predicted octanol–water partition coefficient (Wildman–Crippen LogP) is 2.98. The van der Waals surface area contributed by atoms with Crippen molar-refractivity contribution in [3.8, 4) is 0 Å². The predicted molar refractivity (Wildman–Crippen MR) is 109 cm³/mol. The summed E-state index contributed by atoms with van der Waals surface area (Å²) >= 11 is 0. The Morgan fingerprint density at radius 1 is 1.14 bits per heavy atom. The summed E-state index contributed by atoms with van der Waals surface area (Å²) in [7, 11) is 1.90. The highest BCUT2D eigenvalue weighted by Gasteiger charge is 2.45. The molecule has 2 aromatic rings. The van der Waals surface area contributed by atoms with Crippen molar-refractivity contribution >= 4 is 5.91 Å². The van der Waals surface area contributed by atoms with Crippen LogP contribution >= 0.6 is 0 Å². The van der Waals surface area contributed by atoms with Crippen molar-refractivity contribution in [1.29, 1.82) is 0 Å². The highest BCUT2D eigenvalue weighted by molar-refractivity contribution is 5.90. The van der Waals surface area contributed by atoms with E-state index in [0.717, 1.165) is 26.1 Å².